The van der Waals surface area contributed by atoms with Gasteiger partial charge in [-0.15, -0.1) is 0 Å². The highest BCUT2D eigenvalue weighted by Crippen LogP contribution is 2.42. The van der Waals surface area contributed by atoms with Gasteiger partial charge in [0.15, 0.2) is 0 Å². The topological polar surface area (TPSA) is 60.6 Å². The number of fused-ring (bicyclic) bond motifs is 2. The van der Waals surface area contributed by atoms with Crippen molar-refractivity contribution in [3.05, 3.63) is 35.5 Å². The van der Waals surface area contributed by atoms with Gasteiger partial charge in [-0.05, 0) is 37.1 Å². The SMILES string of the molecule is CN1C[C@@H](NC(=O)N2CCOCC2)CC2c3cccc4[nH]cc(c34)C[C@H]21. The number of hydrogen-bond acceptors (Lipinski definition) is 3. The molecule has 3 atom stereocenters. The first-order valence-electron chi connectivity index (χ1n) is 9.63. The van der Waals surface area contributed by atoms with Crippen molar-refractivity contribution >= 4 is 16.9 Å². The zero-order valence-corrected chi connectivity index (χ0v) is 15.2. The Balaban J connectivity index is 1.38. The number of aromatic amines is 1. The van der Waals surface area contributed by atoms with E-state index in [1.807, 2.05) is 4.90 Å². The van der Waals surface area contributed by atoms with Crippen molar-refractivity contribution in [1.29, 1.82) is 0 Å². The number of aromatic nitrogens is 1. The molecule has 2 aromatic rings. The van der Waals surface area contributed by atoms with E-state index in [9.17, 15) is 4.79 Å². The van der Waals surface area contributed by atoms with Gasteiger partial charge in [-0.25, -0.2) is 4.79 Å². The van der Waals surface area contributed by atoms with E-state index in [1.165, 1.54) is 22.0 Å². The number of carbonyl (C=O) groups excluding carboxylic acids is 1. The van der Waals surface area contributed by atoms with Gasteiger partial charge in [0.1, 0.15) is 0 Å². The molecule has 3 heterocycles. The van der Waals surface area contributed by atoms with E-state index in [1.54, 1.807) is 0 Å². The Labute approximate surface area is 153 Å². The van der Waals surface area contributed by atoms with Crippen molar-refractivity contribution in [3.8, 4) is 0 Å². The number of nitrogens with one attached hydrogen (secondary N) is 2. The molecule has 2 aliphatic heterocycles. The molecule has 0 spiro atoms. The monoisotopic (exact) mass is 354 g/mol. The fraction of sp³-hybridized carbons (Fsp3) is 0.550. The summed E-state index contributed by atoms with van der Waals surface area (Å²) in [6, 6.07) is 7.34. The summed E-state index contributed by atoms with van der Waals surface area (Å²) in [6.07, 6.45) is 4.27. The predicted octanol–water partition coefficient (Wildman–Crippen LogP) is 1.92. The summed E-state index contributed by atoms with van der Waals surface area (Å²) >= 11 is 0. The van der Waals surface area contributed by atoms with Gasteiger partial charge in [-0.1, -0.05) is 12.1 Å². The third-order valence-electron chi connectivity index (χ3n) is 6.35. The number of rotatable bonds is 1. The van der Waals surface area contributed by atoms with Crippen molar-refractivity contribution in [2.24, 2.45) is 0 Å². The lowest BCUT2D eigenvalue weighted by atomic mass is 9.74. The molecule has 1 aliphatic carbocycles. The van der Waals surface area contributed by atoms with Gasteiger partial charge in [0.05, 0.1) is 13.2 Å². The number of urea groups is 1. The summed E-state index contributed by atoms with van der Waals surface area (Å²) in [5, 5.41) is 4.69. The first kappa shape index (κ1) is 16.1. The van der Waals surface area contributed by atoms with Gasteiger partial charge in [0.2, 0.25) is 0 Å². The second-order valence-electron chi connectivity index (χ2n) is 7.88. The third-order valence-corrected chi connectivity index (χ3v) is 6.35. The molecule has 0 bridgehead atoms. The minimum Gasteiger partial charge on any atom is -0.378 e. The zero-order valence-electron chi connectivity index (χ0n) is 15.2. The molecule has 6 heteroatoms. The minimum atomic E-state index is 0.0569. The lowest BCUT2D eigenvalue weighted by molar-refractivity contribution is 0.0503. The van der Waals surface area contributed by atoms with E-state index in [4.69, 9.17) is 4.74 Å². The summed E-state index contributed by atoms with van der Waals surface area (Å²) in [4.78, 5) is 20.4. The maximum Gasteiger partial charge on any atom is 0.317 e. The maximum atomic E-state index is 12.6. The fourth-order valence-electron chi connectivity index (χ4n) is 5.08. The number of H-pyrrole nitrogens is 1. The molecule has 26 heavy (non-hydrogen) atoms. The van der Waals surface area contributed by atoms with E-state index in [2.05, 4.69) is 46.6 Å². The standard InChI is InChI=1S/C20H26N4O2/c1-23-12-14(22-20(25)24-5-7-26-8-6-24)10-16-15-3-2-4-17-19(15)13(11-21-17)9-18(16)23/h2-4,11,14,16,18,21H,5-10,12H2,1H3,(H,22,25)/t14-,16?,18+/m0/s1. The van der Waals surface area contributed by atoms with Crippen LogP contribution in [0.15, 0.2) is 24.4 Å². The van der Waals surface area contributed by atoms with Gasteiger partial charge in [-0.2, -0.15) is 0 Å². The Bertz CT molecular complexity index is 826. The van der Waals surface area contributed by atoms with Crippen LogP contribution in [0, 0.1) is 0 Å². The molecule has 1 aromatic carbocycles. The number of amides is 2. The van der Waals surface area contributed by atoms with Crippen molar-refractivity contribution < 1.29 is 9.53 Å². The van der Waals surface area contributed by atoms with Crippen LogP contribution in [0.1, 0.15) is 23.5 Å². The molecule has 3 aliphatic rings. The lowest BCUT2D eigenvalue weighted by Crippen LogP contribution is -2.57. The molecule has 0 radical (unpaired) electrons. The number of piperidine rings is 1. The summed E-state index contributed by atoms with van der Waals surface area (Å²) < 4.78 is 5.35. The smallest absolute Gasteiger partial charge is 0.317 e. The molecule has 6 nitrogen and oxygen atoms in total. The van der Waals surface area contributed by atoms with E-state index < -0.39 is 0 Å². The number of likely N-dealkylation sites (tertiary alicyclic amines) is 1. The fourth-order valence-corrected chi connectivity index (χ4v) is 5.08. The van der Waals surface area contributed by atoms with Crippen LogP contribution in [0.4, 0.5) is 4.79 Å². The second kappa shape index (κ2) is 6.28. The third kappa shape index (κ3) is 2.59. The van der Waals surface area contributed by atoms with Gasteiger partial charge in [0.25, 0.3) is 0 Å². The molecule has 1 unspecified atom stereocenters. The maximum absolute atomic E-state index is 12.6. The highest BCUT2D eigenvalue weighted by atomic mass is 16.5. The van der Waals surface area contributed by atoms with E-state index >= 15 is 0 Å². The molecule has 2 saturated heterocycles. The molecule has 2 fully saturated rings. The summed E-state index contributed by atoms with van der Waals surface area (Å²) in [7, 11) is 2.20. The summed E-state index contributed by atoms with van der Waals surface area (Å²) in [6.45, 7) is 3.56. The molecular weight excluding hydrogens is 328 g/mol. The van der Waals surface area contributed by atoms with Crippen LogP contribution < -0.4 is 5.32 Å². The van der Waals surface area contributed by atoms with Crippen molar-refractivity contribution in [1.82, 2.24) is 20.1 Å². The molecule has 138 valence electrons. The van der Waals surface area contributed by atoms with E-state index in [0.29, 0.717) is 38.3 Å². The van der Waals surface area contributed by atoms with Crippen molar-refractivity contribution in [2.75, 3.05) is 39.9 Å². The Kier molecular flexibility index (Phi) is 3.90. The Morgan fingerprint density at radius 3 is 3.00 bits per heavy atom. The molecule has 5 rings (SSSR count). The first-order valence-corrected chi connectivity index (χ1v) is 9.63. The number of carbonyl (C=O) groups is 1. The zero-order chi connectivity index (χ0) is 17.7. The highest BCUT2D eigenvalue weighted by molar-refractivity contribution is 5.88. The lowest BCUT2D eigenvalue weighted by Gasteiger charge is -2.46. The van der Waals surface area contributed by atoms with Gasteiger partial charge in [-0.3, -0.25) is 0 Å². The highest BCUT2D eigenvalue weighted by Gasteiger charge is 2.40. The van der Waals surface area contributed by atoms with Gasteiger partial charge in [0, 0.05) is 54.7 Å². The second-order valence-corrected chi connectivity index (χ2v) is 7.88. The Morgan fingerprint density at radius 1 is 1.31 bits per heavy atom. The molecular formula is C20H26N4O2. The average Bonchev–Trinajstić information content (AvgIpc) is 3.08. The van der Waals surface area contributed by atoms with Gasteiger partial charge >= 0.3 is 6.03 Å². The van der Waals surface area contributed by atoms with Crippen molar-refractivity contribution in [2.45, 2.75) is 30.8 Å². The van der Waals surface area contributed by atoms with Crippen LogP contribution in [0.5, 0.6) is 0 Å². The molecule has 2 amide bonds. The number of nitrogens with zero attached hydrogens (tertiary/aromatic N) is 2. The number of ether oxygens (including phenoxy) is 1. The van der Waals surface area contributed by atoms with Gasteiger partial charge < -0.3 is 24.8 Å². The molecule has 2 N–H and O–H groups in total. The average molecular weight is 354 g/mol. The number of likely N-dealkylation sites (N-methyl/N-ethyl adjacent to an activating group) is 1. The molecule has 0 saturated carbocycles. The van der Waals surface area contributed by atoms with Crippen LogP contribution in [0.3, 0.4) is 0 Å². The predicted molar refractivity (Wildman–Crippen MR) is 100 cm³/mol. The Morgan fingerprint density at radius 2 is 2.15 bits per heavy atom. The van der Waals surface area contributed by atoms with E-state index in [-0.39, 0.29) is 12.1 Å². The first-order chi connectivity index (χ1) is 12.7. The van der Waals surface area contributed by atoms with Crippen LogP contribution in [0.2, 0.25) is 0 Å². The van der Waals surface area contributed by atoms with Crippen molar-refractivity contribution in [3.63, 3.8) is 0 Å². The quantitative estimate of drug-likeness (QED) is 0.823. The van der Waals surface area contributed by atoms with Crippen LogP contribution in [-0.2, 0) is 11.2 Å². The largest absolute Gasteiger partial charge is 0.378 e. The summed E-state index contributed by atoms with van der Waals surface area (Å²) in [5.74, 6) is 0.468. The van der Waals surface area contributed by atoms with Crippen LogP contribution in [0.25, 0.3) is 10.9 Å². The number of benzene rings is 1. The van der Waals surface area contributed by atoms with E-state index in [0.717, 1.165) is 19.4 Å². The minimum absolute atomic E-state index is 0.0569. The number of hydrogen-bond donors (Lipinski definition) is 2. The van der Waals surface area contributed by atoms with Crippen LogP contribution >= 0.6 is 0 Å². The number of morpholine rings is 1. The Hall–Kier alpha value is -2.05. The summed E-state index contributed by atoms with van der Waals surface area (Å²) in [5.41, 5.74) is 4.10. The van der Waals surface area contributed by atoms with Crippen LogP contribution in [-0.4, -0.2) is 72.8 Å². The normalized spacial score (nSPS) is 28.8. The molecule has 1 aromatic heterocycles.